The largest absolute Gasteiger partial charge is 0.193 e. The van der Waals surface area contributed by atoms with Gasteiger partial charge in [-0.3, -0.25) is 0 Å². The molecule has 2 fully saturated rings. The zero-order valence-electron chi connectivity index (χ0n) is 19.3. The molecule has 0 radical (unpaired) electrons. The highest BCUT2D eigenvalue weighted by Gasteiger charge is 2.23. The molecule has 0 heterocycles. The van der Waals surface area contributed by atoms with Crippen LogP contribution < -0.4 is 0 Å². The summed E-state index contributed by atoms with van der Waals surface area (Å²) >= 11 is 0. The first-order valence-corrected chi connectivity index (χ1v) is 12.9. The molecular weight excluding hydrogens is 362 g/mol. The molecule has 1 nitrogen and oxygen atoms in total. The van der Waals surface area contributed by atoms with Crippen LogP contribution >= 0.6 is 0 Å². The lowest BCUT2D eigenvalue weighted by atomic mass is 9.76. The lowest BCUT2D eigenvalue weighted by molar-refractivity contribution is 0.244. The standard InChI is InChI=1S/C29H43N/c1-2-24-15-19-28(20-16-24)29-21-17-27(18-22-29)10-6-5-9-26-13-11-25(12-14-26)8-4-3-7-23-30/h3,7,15-16,19-20,25-27,29H,2,4-6,8-14,17-18,21-22H2,1H3/b7-3+/t25-,26-,27-,29-. The zero-order valence-corrected chi connectivity index (χ0v) is 19.3. The average molecular weight is 406 g/mol. The van der Waals surface area contributed by atoms with Crippen molar-refractivity contribution in [2.45, 2.75) is 109 Å². The molecule has 164 valence electrons. The Balaban J connectivity index is 1.23. The van der Waals surface area contributed by atoms with Crippen molar-refractivity contribution in [2.75, 3.05) is 0 Å². The first kappa shape index (κ1) is 23.1. The van der Waals surface area contributed by atoms with Crippen LogP contribution in [0.1, 0.15) is 114 Å². The molecule has 3 rings (SSSR count). The predicted octanol–water partition coefficient (Wildman–Crippen LogP) is 8.75. The van der Waals surface area contributed by atoms with E-state index in [4.69, 9.17) is 5.26 Å². The van der Waals surface area contributed by atoms with Gasteiger partial charge in [0.25, 0.3) is 0 Å². The maximum Gasteiger partial charge on any atom is 0.0908 e. The van der Waals surface area contributed by atoms with Gasteiger partial charge < -0.3 is 0 Å². The van der Waals surface area contributed by atoms with Crippen molar-refractivity contribution in [1.82, 2.24) is 0 Å². The Labute approximate surface area is 186 Å². The van der Waals surface area contributed by atoms with E-state index >= 15 is 0 Å². The Kier molecular flexibility index (Phi) is 10.0. The van der Waals surface area contributed by atoms with Crippen molar-refractivity contribution in [2.24, 2.45) is 17.8 Å². The molecule has 30 heavy (non-hydrogen) atoms. The van der Waals surface area contributed by atoms with Gasteiger partial charge in [0, 0.05) is 6.08 Å². The molecule has 2 saturated carbocycles. The molecule has 0 aromatic heterocycles. The number of nitriles is 1. The lowest BCUT2D eigenvalue weighted by Crippen LogP contribution is -2.15. The number of aryl methyl sites for hydroxylation is 1. The summed E-state index contributed by atoms with van der Waals surface area (Å²) in [5.74, 6) is 3.72. The number of hydrogen-bond acceptors (Lipinski definition) is 1. The Morgan fingerprint density at radius 3 is 1.87 bits per heavy atom. The third-order valence-electron chi connectivity index (χ3n) is 8.08. The Bertz CT molecular complexity index is 649. The topological polar surface area (TPSA) is 23.8 Å². The van der Waals surface area contributed by atoms with Crippen molar-refractivity contribution in [3.8, 4) is 6.07 Å². The maximum absolute atomic E-state index is 8.56. The van der Waals surface area contributed by atoms with Crippen molar-refractivity contribution in [1.29, 1.82) is 5.26 Å². The number of allylic oxidation sites excluding steroid dienone is 2. The predicted molar refractivity (Wildman–Crippen MR) is 128 cm³/mol. The van der Waals surface area contributed by atoms with Crippen LogP contribution in [-0.2, 0) is 6.42 Å². The average Bonchev–Trinajstić information content (AvgIpc) is 2.81. The van der Waals surface area contributed by atoms with Crippen LogP contribution in [0.3, 0.4) is 0 Å². The minimum Gasteiger partial charge on any atom is -0.193 e. The van der Waals surface area contributed by atoms with Crippen LogP contribution in [0.15, 0.2) is 36.4 Å². The summed E-state index contributed by atoms with van der Waals surface area (Å²) in [6.45, 7) is 2.24. The molecular formula is C29H43N. The molecule has 1 heteroatoms. The van der Waals surface area contributed by atoms with Gasteiger partial charge in [0.05, 0.1) is 6.07 Å². The maximum atomic E-state index is 8.56. The van der Waals surface area contributed by atoms with Crippen molar-refractivity contribution < 1.29 is 0 Å². The fraction of sp³-hybridized carbons (Fsp3) is 0.690. The fourth-order valence-electron chi connectivity index (χ4n) is 5.95. The van der Waals surface area contributed by atoms with Crippen LogP contribution in [0.5, 0.6) is 0 Å². The van der Waals surface area contributed by atoms with Crippen LogP contribution in [-0.4, -0.2) is 0 Å². The Morgan fingerprint density at radius 1 is 0.800 bits per heavy atom. The van der Waals surface area contributed by atoms with E-state index in [2.05, 4.69) is 37.3 Å². The molecule has 1 aromatic carbocycles. The second-order valence-corrected chi connectivity index (χ2v) is 10.1. The summed E-state index contributed by atoms with van der Waals surface area (Å²) in [4.78, 5) is 0. The van der Waals surface area contributed by atoms with E-state index in [1.807, 2.05) is 6.08 Å². The van der Waals surface area contributed by atoms with Gasteiger partial charge in [-0.15, -0.1) is 0 Å². The molecule has 0 unspecified atom stereocenters. The minimum absolute atomic E-state index is 0.817. The summed E-state index contributed by atoms with van der Waals surface area (Å²) < 4.78 is 0. The van der Waals surface area contributed by atoms with E-state index in [1.165, 1.54) is 89.0 Å². The number of unbranched alkanes of at least 4 members (excludes halogenated alkanes) is 1. The van der Waals surface area contributed by atoms with Gasteiger partial charge in [0.15, 0.2) is 0 Å². The third kappa shape index (κ3) is 7.61. The molecule has 0 aliphatic heterocycles. The zero-order chi connectivity index (χ0) is 21.0. The molecule has 0 amide bonds. The van der Waals surface area contributed by atoms with Crippen LogP contribution in [0, 0.1) is 29.1 Å². The summed E-state index contributed by atoms with van der Waals surface area (Å²) in [6.07, 6.45) is 24.5. The quantitative estimate of drug-likeness (QED) is 0.282. The third-order valence-corrected chi connectivity index (χ3v) is 8.08. The summed E-state index contributed by atoms with van der Waals surface area (Å²) in [5.41, 5.74) is 3.05. The Morgan fingerprint density at radius 2 is 1.33 bits per heavy atom. The molecule has 0 bridgehead atoms. The number of rotatable bonds is 10. The summed E-state index contributed by atoms with van der Waals surface area (Å²) in [7, 11) is 0. The Hall–Kier alpha value is -1.55. The molecule has 2 aliphatic rings. The van der Waals surface area contributed by atoms with Gasteiger partial charge in [-0.2, -0.15) is 5.26 Å². The number of hydrogen-bond donors (Lipinski definition) is 0. The second-order valence-electron chi connectivity index (χ2n) is 10.1. The van der Waals surface area contributed by atoms with Gasteiger partial charge in [-0.05, 0) is 79.7 Å². The summed E-state index contributed by atoms with van der Waals surface area (Å²) in [5, 5.41) is 8.56. The molecule has 1 aromatic rings. The first-order chi connectivity index (χ1) is 14.8. The van der Waals surface area contributed by atoms with E-state index in [0.29, 0.717) is 0 Å². The van der Waals surface area contributed by atoms with Crippen LogP contribution in [0.2, 0.25) is 0 Å². The van der Waals surface area contributed by atoms with Gasteiger partial charge in [-0.25, -0.2) is 0 Å². The van der Waals surface area contributed by atoms with E-state index < -0.39 is 0 Å². The molecule has 0 saturated heterocycles. The van der Waals surface area contributed by atoms with E-state index in [9.17, 15) is 0 Å². The van der Waals surface area contributed by atoms with E-state index in [0.717, 1.165) is 36.5 Å². The van der Waals surface area contributed by atoms with E-state index in [1.54, 1.807) is 11.6 Å². The van der Waals surface area contributed by atoms with Gasteiger partial charge in [-0.1, -0.05) is 88.6 Å². The SMILES string of the molecule is CCc1ccc([C@H]2CC[C@H](CCCC[C@H]3CC[C@H](CC/C=C/C#N)CC3)CC2)cc1. The molecule has 0 N–H and O–H groups in total. The van der Waals surface area contributed by atoms with Gasteiger partial charge in [0.2, 0.25) is 0 Å². The van der Waals surface area contributed by atoms with Gasteiger partial charge >= 0.3 is 0 Å². The second kappa shape index (κ2) is 13.0. The monoisotopic (exact) mass is 405 g/mol. The highest BCUT2D eigenvalue weighted by molar-refractivity contribution is 5.25. The first-order valence-electron chi connectivity index (χ1n) is 12.9. The van der Waals surface area contributed by atoms with Gasteiger partial charge in [0.1, 0.15) is 0 Å². The summed E-state index contributed by atoms with van der Waals surface area (Å²) in [6, 6.07) is 11.5. The van der Waals surface area contributed by atoms with Crippen LogP contribution in [0.4, 0.5) is 0 Å². The molecule has 0 atom stereocenters. The van der Waals surface area contributed by atoms with Crippen molar-refractivity contribution >= 4 is 0 Å². The molecule has 2 aliphatic carbocycles. The normalized spacial score (nSPS) is 27.2. The molecule has 0 spiro atoms. The van der Waals surface area contributed by atoms with Crippen molar-refractivity contribution in [3.05, 3.63) is 47.5 Å². The van der Waals surface area contributed by atoms with Crippen LogP contribution in [0.25, 0.3) is 0 Å². The number of benzene rings is 1. The smallest absolute Gasteiger partial charge is 0.0908 e. The lowest BCUT2D eigenvalue weighted by Gasteiger charge is -2.30. The highest BCUT2D eigenvalue weighted by atomic mass is 14.3. The van der Waals surface area contributed by atoms with E-state index in [-0.39, 0.29) is 0 Å². The number of nitrogens with zero attached hydrogens (tertiary/aromatic N) is 1. The minimum atomic E-state index is 0.817. The fourth-order valence-corrected chi connectivity index (χ4v) is 5.95. The highest BCUT2D eigenvalue weighted by Crippen LogP contribution is 2.38. The van der Waals surface area contributed by atoms with Crippen molar-refractivity contribution in [3.63, 3.8) is 0 Å².